The maximum absolute atomic E-state index is 11.3. The van der Waals surface area contributed by atoms with Crippen LogP contribution in [0.15, 0.2) is 36.4 Å². The van der Waals surface area contributed by atoms with E-state index in [0.717, 1.165) is 36.5 Å². The molecule has 0 bridgehead atoms. The van der Waals surface area contributed by atoms with Gasteiger partial charge < -0.3 is 28.5 Å². The number of benzene rings is 2. The van der Waals surface area contributed by atoms with Gasteiger partial charge in [-0.15, -0.1) is 0 Å². The Bertz CT molecular complexity index is 884. The summed E-state index contributed by atoms with van der Waals surface area (Å²) in [6.45, 7) is 4.85. The normalized spacial score (nSPS) is 20.2. The molecule has 0 unspecified atom stereocenters. The average Bonchev–Trinajstić information content (AvgIpc) is 3.40. The Morgan fingerprint density at radius 3 is 2.65 bits per heavy atom. The minimum absolute atomic E-state index is 0.173. The molecule has 0 radical (unpaired) electrons. The van der Waals surface area contributed by atoms with Gasteiger partial charge in [0.05, 0.1) is 19.8 Å². The zero-order valence-corrected chi connectivity index (χ0v) is 18.0. The lowest BCUT2D eigenvalue weighted by Gasteiger charge is -2.22. The Morgan fingerprint density at radius 2 is 1.90 bits per heavy atom. The number of hydrogen-bond donors (Lipinski definition) is 0. The molecular weight excluding hydrogens is 398 g/mol. The second-order valence-electron chi connectivity index (χ2n) is 7.86. The van der Waals surface area contributed by atoms with Crippen molar-refractivity contribution in [3.63, 3.8) is 0 Å². The maximum atomic E-state index is 11.3. The number of aryl methyl sites for hydroxylation is 1. The lowest BCUT2D eigenvalue weighted by molar-refractivity contribution is -0.109. The molecule has 4 rings (SSSR count). The molecule has 1 saturated heterocycles. The second kappa shape index (κ2) is 10.1. The second-order valence-corrected chi connectivity index (χ2v) is 7.86. The summed E-state index contributed by atoms with van der Waals surface area (Å²) in [6.07, 6.45) is 1.92. The molecule has 2 aromatic rings. The van der Waals surface area contributed by atoms with E-state index in [9.17, 15) is 4.79 Å². The summed E-state index contributed by atoms with van der Waals surface area (Å²) in [5, 5.41) is 0. The van der Waals surface area contributed by atoms with Crippen LogP contribution in [0.5, 0.6) is 17.2 Å². The summed E-state index contributed by atoms with van der Waals surface area (Å²) >= 11 is 0. The molecule has 2 aliphatic heterocycles. The first kappa shape index (κ1) is 21.6. The SMILES string of the molecule is COCCOCOc1ccc([C@H]2C[C@@H](c3cc4c(cc3C)OCO4)CN2CC=O)cc1. The number of fused-ring (bicyclic) bond motifs is 1. The molecule has 0 amide bonds. The number of carbonyl (C=O) groups excluding carboxylic acids is 1. The molecule has 0 spiro atoms. The summed E-state index contributed by atoms with van der Waals surface area (Å²) in [6, 6.07) is 12.4. The smallest absolute Gasteiger partial charge is 0.231 e. The van der Waals surface area contributed by atoms with Crippen molar-refractivity contribution in [2.75, 3.05) is 47.0 Å². The van der Waals surface area contributed by atoms with Crippen LogP contribution in [0.1, 0.15) is 35.1 Å². The number of carbonyl (C=O) groups is 1. The van der Waals surface area contributed by atoms with Crippen molar-refractivity contribution >= 4 is 6.29 Å². The topological polar surface area (TPSA) is 66.5 Å². The van der Waals surface area contributed by atoms with Crippen LogP contribution in [-0.2, 0) is 14.3 Å². The van der Waals surface area contributed by atoms with Crippen LogP contribution < -0.4 is 14.2 Å². The van der Waals surface area contributed by atoms with Crippen LogP contribution in [0, 0.1) is 6.92 Å². The number of aldehydes is 1. The van der Waals surface area contributed by atoms with Gasteiger partial charge in [-0.25, -0.2) is 0 Å². The van der Waals surface area contributed by atoms with Crippen LogP contribution in [0.2, 0.25) is 0 Å². The van der Waals surface area contributed by atoms with Crippen LogP contribution in [0.3, 0.4) is 0 Å². The largest absolute Gasteiger partial charge is 0.468 e. The van der Waals surface area contributed by atoms with E-state index < -0.39 is 0 Å². The summed E-state index contributed by atoms with van der Waals surface area (Å²) in [4.78, 5) is 13.6. The van der Waals surface area contributed by atoms with Gasteiger partial charge in [0.15, 0.2) is 18.3 Å². The summed E-state index contributed by atoms with van der Waals surface area (Å²) in [5.74, 6) is 2.69. The third-order valence-electron chi connectivity index (χ3n) is 5.92. The molecule has 0 N–H and O–H groups in total. The van der Waals surface area contributed by atoms with Crippen LogP contribution in [0.4, 0.5) is 0 Å². The number of likely N-dealkylation sites (tertiary alicyclic amines) is 1. The fraction of sp³-hybridized carbons (Fsp3) is 0.458. The lowest BCUT2D eigenvalue weighted by atomic mass is 9.90. The van der Waals surface area contributed by atoms with Crippen LogP contribution >= 0.6 is 0 Å². The fourth-order valence-electron chi connectivity index (χ4n) is 4.37. The highest BCUT2D eigenvalue weighted by atomic mass is 16.7. The van der Waals surface area contributed by atoms with Gasteiger partial charge in [-0.05, 0) is 60.2 Å². The average molecular weight is 427 g/mol. The van der Waals surface area contributed by atoms with Gasteiger partial charge in [-0.1, -0.05) is 12.1 Å². The van der Waals surface area contributed by atoms with Gasteiger partial charge in [0.25, 0.3) is 0 Å². The molecule has 7 heteroatoms. The summed E-state index contributed by atoms with van der Waals surface area (Å²) in [7, 11) is 1.64. The van der Waals surface area contributed by atoms with Gasteiger partial charge in [-0.2, -0.15) is 0 Å². The Balaban J connectivity index is 1.44. The van der Waals surface area contributed by atoms with E-state index in [2.05, 4.69) is 36.1 Å². The molecule has 0 saturated carbocycles. The van der Waals surface area contributed by atoms with Crippen molar-refractivity contribution in [2.24, 2.45) is 0 Å². The van der Waals surface area contributed by atoms with E-state index in [4.69, 9.17) is 23.7 Å². The predicted molar refractivity (Wildman–Crippen MR) is 115 cm³/mol. The number of nitrogens with zero attached hydrogens (tertiary/aromatic N) is 1. The first-order valence-corrected chi connectivity index (χ1v) is 10.6. The van der Waals surface area contributed by atoms with Crippen molar-refractivity contribution in [2.45, 2.75) is 25.3 Å². The Morgan fingerprint density at radius 1 is 1.13 bits per heavy atom. The lowest BCUT2D eigenvalue weighted by Crippen LogP contribution is -2.25. The van der Waals surface area contributed by atoms with Crippen molar-refractivity contribution in [3.8, 4) is 17.2 Å². The van der Waals surface area contributed by atoms with E-state index in [1.807, 2.05) is 12.1 Å². The fourth-order valence-corrected chi connectivity index (χ4v) is 4.37. The molecule has 2 aliphatic rings. The van der Waals surface area contributed by atoms with Gasteiger partial charge in [0, 0.05) is 19.7 Å². The Hall–Kier alpha value is -2.61. The zero-order valence-electron chi connectivity index (χ0n) is 18.0. The summed E-state index contributed by atoms with van der Waals surface area (Å²) in [5.41, 5.74) is 3.63. The standard InChI is InChI=1S/C24H29NO6/c1-17-11-23-24(31-16-30-23)13-21(17)19-12-22(25(14-19)7-8-26)18-3-5-20(6-4-18)29-15-28-10-9-27-2/h3-6,8,11,13,19,22H,7,9-10,12,14-16H2,1-2H3/t19-,22-/m1/s1. The van der Waals surface area contributed by atoms with Gasteiger partial charge >= 0.3 is 0 Å². The maximum Gasteiger partial charge on any atom is 0.231 e. The van der Waals surface area contributed by atoms with E-state index in [1.54, 1.807) is 7.11 Å². The molecule has 31 heavy (non-hydrogen) atoms. The van der Waals surface area contributed by atoms with E-state index in [1.165, 1.54) is 16.7 Å². The van der Waals surface area contributed by atoms with Crippen molar-refractivity contribution in [1.82, 2.24) is 4.90 Å². The molecule has 2 heterocycles. The number of rotatable bonds is 10. The molecule has 166 valence electrons. The highest BCUT2D eigenvalue weighted by molar-refractivity contribution is 5.53. The van der Waals surface area contributed by atoms with Crippen molar-refractivity contribution in [3.05, 3.63) is 53.1 Å². The first-order valence-electron chi connectivity index (χ1n) is 10.6. The quantitative estimate of drug-likeness (QED) is 0.327. The molecule has 1 fully saturated rings. The molecule has 0 aromatic heterocycles. The number of methoxy groups -OCH3 is 1. The third kappa shape index (κ3) is 5.01. The number of ether oxygens (including phenoxy) is 5. The van der Waals surface area contributed by atoms with Crippen molar-refractivity contribution in [1.29, 1.82) is 0 Å². The van der Waals surface area contributed by atoms with Crippen LogP contribution in [-0.4, -0.2) is 58.2 Å². The van der Waals surface area contributed by atoms with Gasteiger partial charge in [0.2, 0.25) is 6.79 Å². The van der Waals surface area contributed by atoms with Crippen LogP contribution in [0.25, 0.3) is 0 Å². The predicted octanol–water partition coefficient (Wildman–Crippen LogP) is 3.45. The minimum Gasteiger partial charge on any atom is -0.468 e. The van der Waals surface area contributed by atoms with E-state index >= 15 is 0 Å². The number of hydrogen-bond acceptors (Lipinski definition) is 7. The Labute approximate surface area is 182 Å². The third-order valence-corrected chi connectivity index (χ3v) is 5.92. The van der Waals surface area contributed by atoms with E-state index in [0.29, 0.717) is 25.7 Å². The Kier molecular flexibility index (Phi) is 7.06. The summed E-state index contributed by atoms with van der Waals surface area (Å²) < 4.78 is 27.0. The molecular formula is C24H29NO6. The zero-order chi connectivity index (χ0) is 21.6. The minimum atomic E-state index is 0.173. The molecule has 2 atom stereocenters. The highest BCUT2D eigenvalue weighted by Gasteiger charge is 2.35. The highest BCUT2D eigenvalue weighted by Crippen LogP contribution is 2.44. The first-order chi connectivity index (χ1) is 15.2. The molecule has 0 aliphatic carbocycles. The molecule has 2 aromatic carbocycles. The van der Waals surface area contributed by atoms with Gasteiger partial charge in [0.1, 0.15) is 12.0 Å². The van der Waals surface area contributed by atoms with Gasteiger partial charge in [-0.3, -0.25) is 4.90 Å². The monoisotopic (exact) mass is 427 g/mol. The van der Waals surface area contributed by atoms with Crippen molar-refractivity contribution < 1.29 is 28.5 Å². The molecule has 7 nitrogen and oxygen atoms in total. The van der Waals surface area contributed by atoms with E-state index in [-0.39, 0.29) is 19.6 Å².